The number of nitro groups is 1. The van der Waals surface area contributed by atoms with Crippen LogP contribution in [0.3, 0.4) is 0 Å². The van der Waals surface area contributed by atoms with Gasteiger partial charge in [-0.3, -0.25) is 10.1 Å². The van der Waals surface area contributed by atoms with E-state index in [1.807, 2.05) is 0 Å². The number of hydrogen-bond acceptors (Lipinski definition) is 5. The maximum Gasteiger partial charge on any atom is 0.312 e. The Morgan fingerprint density at radius 1 is 1.53 bits per heavy atom. The van der Waals surface area contributed by atoms with Gasteiger partial charge in [-0.2, -0.15) is 4.99 Å². The molecule has 0 spiro atoms. The van der Waals surface area contributed by atoms with Crippen LogP contribution in [0.15, 0.2) is 21.6 Å². The maximum atomic E-state index is 10.7. The largest absolute Gasteiger partial charge is 0.501 e. The van der Waals surface area contributed by atoms with Crippen molar-refractivity contribution in [2.24, 2.45) is 4.99 Å². The van der Waals surface area contributed by atoms with Crippen LogP contribution < -0.4 is 0 Å². The lowest BCUT2D eigenvalue weighted by Gasteiger charge is -2.09. The average molecular weight is 299 g/mol. The van der Waals surface area contributed by atoms with Gasteiger partial charge >= 0.3 is 5.69 Å². The van der Waals surface area contributed by atoms with Crippen LogP contribution in [-0.2, 0) is 10.3 Å². The highest BCUT2D eigenvalue weighted by atomic mass is 79.9. The number of nitrogens with zero attached hydrogens (tertiary/aromatic N) is 2. The molecule has 2 rings (SSSR count). The minimum absolute atomic E-state index is 0.217. The molecule has 0 amide bonds. The summed E-state index contributed by atoms with van der Waals surface area (Å²) in [6.07, 6.45) is 2.78. The fourth-order valence-corrected chi connectivity index (χ4v) is 2.11. The van der Waals surface area contributed by atoms with E-state index in [1.54, 1.807) is 0 Å². The highest BCUT2D eigenvalue weighted by Gasteiger charge is 2.46. The molecule has 1 saturated carbocycles. The van der Waals surface area contributed by atoms with Crippen molar-refractivity contribution in [2.45, 2.75) is 18.4 Å². The Morgan fingerprint density at radius 2 is 2.18 bits per heavy atom. The summed E-state index contributed by atoms with van der Waals surface area (Å²) in [6.45, 7) is 0. The van der Waals surface area contributed by atoms with Crippen molar-refractivity contribution in [3.05, 3.63) is 32.3 Å². The van der Waals surface area contributed by atoms with Gasteiger partial charge in [-0.05, 0) is 40.4 Å². The molecule has 1 fully saturated rings. The summed E-state index contributed by atoms with van der Waals surface area (Å²) in [5, 5.41) is 20.3. The lowest BCUT2D eigenvalue weighted by atomic mass is 10.0. The normalized spacial score (nSPS) is 16.1. The molecule has 1 N–H and O–H groups in total. The summed E-state index contributed by atoms with van der Waals surface area (Å²) >= 11 is 3.04. The van der Waals surface area contributed by atoms with Gasteiger partial charge in [0, 0.05) is 6.07 Å². The topological polar surface area (TPSA) is 92.8 Å². The van der Waals surface area contributed by atoms with Gasteiger partial charge < -0.3 is 5.11 Å². The number of phenols is 1. The van der Waals surface area contributed by atoms with Crippen LogP contribution in [0.25, 0.3) is 0 Å². The summed E-state index contributed by atoms with van der Waals surface area (Å²) in [7, 11) is 0. The van der Waals surface area contributed by atoms with Gasteiger partial charge in [0.2, 0.25) is 11.8 Å². The summed E-state index contributed by atoms with van der Waals surface area (Å²) in [4.78, 5) is 24.1. The quantitative estimate of drug-likeness (QED) is 0.401. The van der Waals surface area contributed by atoms with E-state index in [1.165, 1.54) is 18.2 Å². The van der Waals surface area contributed by atoms with Crippen LogP contribution >= 0.6 is 15.9 Å². The number of phenolic OH excluding ortho intramolecular Hbond substituents is 1. The van der Waals surface area contributed by atoms with Crippen molar-refractivity contribution >= 4 is 27.7 Å². The number of aliphatic imine (C=N–C) groups is 1. The van der Waals surface area contributed by atoms with Gasteiger partial charge in [0.25, 0.3) is 0 Å². The first-order chi connectivity index (χ1) is 8.00. The Labute approximate surface area is 104 Å². The van der Waals surface area contributed by atoms with Gasteiger partial charge in [-0.15, -0.1) is 0 Å². The predicted molar refractivity (Wildman–Crippen MR) is 61.5 cm³/mol. The highest BCUT2D eigenvalue weighted by Crippen LogP contribution is 2.51. The molecule has 1 aromatic carbocycles. The zero-order valence-electron chi connectivity index (χ0n) is 8.51. The lowest BCUT2D eigenvalue weighted by Crippen LogP contribution is -2.03. The zero-order chi connectivity index (χ0) is 12.6. The summed E-state index contributed by atoms with van der Waals surface area (Å²) in [5.41, 5.74) is -0.554. The average Bonchev–Trinajstić information content (AvgIpc) is 3.03. The summed E-state index contributed by atoms with van der Waals surface area (Å²) in [6, 6.07) is 2.78. The van der Waals surface area contributed by atoms with E-state index in [9.17, 15) is 20.0 Å². The molecule has 0 bridgehead atoms. The van der Waals surface area contributed by atoms with E-state index < -0.39 is 21.9 Å². The molecule has 7 heteroatoms. The molecule has 17 heavy (non-hydrogen) atoms. The molecule has 1 aliphatic carbocycles. The number of aromatic hydroxyl groups is 1. The first kappa shape index (κ1) is 11.8. The van der Waals surface area contributed by atoms with Crippen molar-refractivity contribution < 1.29 is 14.8 Å². The molecular formula is C10H7BrN2O4. The Bertz CT molecular complexity index is 547. The van der Waals surface area contributed by atoms with Crippen molar-refractivity contribution in [3.8, 4) is 5.75 Å². The number of halogens is 1. The van der Waals surface area contributed by atoms with E-state index in [0.29, 0.717) is 18.4 Å². The second-order valence-corrected chi connectivity index (χ2v) is 4.67. The maximum absolute atomic E-state index is 10.7. The highest BCUT2D eigenvalue weighted by molar-refractivity contribution is 9.10. The van der Waals surface area contributed by atoms with E-state index in [4.69, 9.17) is 0 Å². The fraction of sp³-hybridized carbons (Fsp3) is 0.300. The van der Waals surface area contributed by atoms with Gasteiger partial charge in [0.15, 0.2) is 0 Å². The summed E-state index contributed by atoms with van der Waals surface area (Å²) < 4.78 is 0.217. The van der Waals surface area contributed by atoms with Crippen LogP contribution in [0.2, 0.25) is 0 Å². The zero-order valence-corrected chi connectivity index (χ0v) is 10.1. The summed E-state index contributed by atoms with van der Waals surface area (Å²) in [5.74, 6) is -0.426. The Hall–Kier alpha value is -1.72. The van der Waals surface area contributed by atoms with E-state index >= 15 is 0 Å². The number of carbonyl (C=O) groups excluding carboxylic acids is 1. The standard InChI is InChI=1S/C10H7BrN2O4/c11-7-3-6(10(1-2-10)12-5-14)4-8(9(7)15)13(16)17/h3-4,15H,1-2H2. The van der Waals surface area contributed by atoms with Crippen molar-refractivity contribution in [1.82, 2.24) is 0 Å². The molecule has 1 aliphatic rings. The molecule has 0 aromatic heterocycles. The van der Waals surface area contributed by atoms with Crippen molar-refractivity contribution in [1.29, 1.82) is 0 Å². The van der Waals surface area contributed by atoms with Crippen molar-refractivity contribution in [3.63, 3.8) is 0 Å². The third-order valence-electron chi connectivity index (χ3n) is 2.76. The number of rotatable bonds is 3. The van der Waals surface area contributed by atoms with E-state index in [-0.39, 0.29) is 4.47 Å². The second-order valence-electron chi connectivity index (χ2n) is 3.82. The van der Waals surface area contributed by atoms with E-state index in [2.05, 4.69) is 20.9 Å². The Morgan fingerprint density at radius 3 is 2.65 bits per heavy atom. The van der Waals surface area contributed by atoms with Gasteiger partial charge in [-0.25, -0.2) is 4.79 Å². The number of isocyanates is 1. The minimum Gasteiger partial charge on any atom is -0.501 e. The smallest absolute Gasteiger partial charge is 0.312 e. The minimum atomic E-state index is -0.692. The van der Waals surface area contributed by atoms with Gasteiger partial charge in [0.1, 0.15) is 0 Å². The van der Waals surface area contributed by atoms with E-state index in [0.717, 1.165) is 0 Å². The third kappa shape index (κ3) is 1.94. The molecule has 0 radical (unpaired) electrons. The molecule has 6 nitrogen and oxygen atoms in total. The molecule has 0 unspecified atom stereocenters. The molecule has 0 atom stereocenters. The number of benzene rings is 1. The fourth-order valence-electron chi connectivity index (χ4n) is 1.66. The van der Waals surface area contributed by atoms with Gasteiger partial charge in [0.05, 0.1) is 14.9 Å². The van der Waals surface area contributed by atoms with Crippen LogP contribution in [0.5, 0.6) is 5.75 Å². The van der Waals surface area contributed by atoms with Crippen LogP contribution in [0.4, 0.5) is 5.69 Å². The molecular weight excluding hydrogens is 292 g/mol. The monoisotopic (exact) mass is 298 g/mol. The number of nitro benzene ring substituents is 1. The van der Waals surface area contributed by atoms with Crippen LogP contribution in [-0.4, -0.2) is 16.1 Å². The van der Waals surface area contributed by atoms with Crippen LogP contribution in [0.1, 0.15) is 18.4 Å². The Balaban J connectivity index is 2.58. The molecule has 0 saturated heterocycles. The molecule has 1 aromatic rings. The third-order valence-corrected chi connectivity index (χ3v) is 3.37. The first-order valence-corrected chi connectivity index (χ1v) is 5.56. The SMILES string of the molecule is O=C=NC1(c2cc(Br)c(O)c([N+](=O)[O-])c2)CC1. The lowest BCUT2D eigenvalue weighted by molar-refractivity contribution is -0.386. The number of hydrogen-bond donors (Lipinski definition) is 1. The van der Waals surface area contributed by atoms with Crippen molar-refractivity contribution in [2.75, 3.05) is 0 Å². The Kier molecular flexibility index (Phi) is 2.73. The first-order valence-electron chi connectivity index (χ1n) is 4.76. The molecule has 0 aliphatic heterocycles. The van der Waals surface area contributed by atoms with Crippen LogP contribution in [0, 0.1) is 10.1 Å². The molecule has 88 valence electrons. The van der Waals surface area contributed by atoms with Gasteiger partial charge in [-0.1, -0.05) is 0 Å². The predicted octanol–water partition coefficient (Wildman–Crippen LogP) is 2.39. The second kappa shape index (κ2) is 3.94. The molecule has 0 heterocycles.